The van der Waals surface area contributed by atoms with Crippen LogP contribution in [0.1, 0.15) is 17.0 Å². The van der Waals surface area contributed by atoms with Gasteiger partial charge in [-0.1, -0.05) is 18.2 Å². The summed E-state index contributed by atoms with van der Waals surface area (Å²) < 4.78 is 16.0. The Morgan fingerprint density at radius 2 is 2.04 bits per heavy atom. The van der Waals surface area contributed by atoms with Crippen LogP contribution in [0.25, 0.3) is 11.0 Å². The zero-order valence-corrected chi connectivity index (χ0v) is 14.2. The summed E-state index contributed by atoms with van der Waals surface area (Å²) >= 11 is 0. The van der Waals surface area contributed by atoms with Crippen molar-refractivity contribution in [2.24, 2.45) is 5.92 Å². The predicted octanol–water partition coefficient (Wildman–Crippen LogP) is 3.15. The number of phenolic OH excluding ortho intramolecular Hbond substituents is 1. The van der Waals surface area contributed by atoms with Gasteiger partial charge in [0.15, 0.2) is 17.2 Å². The molecule has 2 aromatic carbocycles. The minimum atomic E-state index is -1.03. The maximum atomic E-state index is 12.7. The first kappa shape index (κ1) is 16.7. The van der Waals surface area contributed by atoms with E-state index in [1.54, 1.807) is 36.4 Å². The molecule has 0 spiro atoms. The van der Waals surface area contributed by atoms with E-state index in [4.69, 9.17) is 19.3 Å². The highest BCUT2D eigenvalue weighted by Crippen LogP contribution is 2.44. The number of fused-ring (bicyclic) bond motifs is 3. The Morgan fingerprint density at radius 1 is 1.26 bits per heavy atom. The lowest BCUT2D eigenvalue weighted by atomic mass is 9.79. The van der Waals surface area contributed by atoms with Gasteiger partial charge in [0.2, 0.25) is 5.90 Å². The molecular formula is C20H14N2O5. The summed E-state index contributed by atoms with van der Waals surface area (Å²) in [4.78, 5) is 12.7. The van der Waals surface area contributed by atoms with Gasteiger partial charge in [0.25, 0.3) is 0 Å². The fourth-order valence-corrected chi connectivity index (χ4v) is 3.40. The molecule has 2 atom stereocenters. The molecule has 1 aromatic heterocycles. The van der Waals surface area contributed by atoms with Gasteiger partial charge in [0, 0.05) is 5.92 Å². The molecule has 0 saturated heterocycles. The number of ether oxygens (including phenoxy) is 2. The standard InChI is InChI=1S/C20H14N2O5/c1-25-15-7-6-10(8-13(15)23)16-12(9-21)19(22)27-18-11-4-2-3-5-14(11)26-20(24)17(16)18/h2-8,12,16,22-23H,1H3. The molecule has 4 rings (SSSR count). The van der Waals surface area contributed by atoms with Gasteiger partial charge in [-0.3, -0.25) is 5.41 Å². The summed E-state index contributed by atoms with van der Waals surface area (Å²) in [5, 5.41) is 28.5. The maximum absolute atomic E-state index is 12.7. The lowest BCUT2D eigenvalue weighted by Crippen LogP contribution is -2.34. The molecule has 2 N–H and O–H groups in total. The summed E-state index contributed by atoms with van der Waals surface area (Å²) in [7, 11) is 1.42. The Balaban J connectivity index is 2.03. The zero-order chi connectivity index (χ0) is 19.1. The van der Waals surface area contributed by atoms with Crippen LogP contribution in [-0.2, 0) is 0 Å². The number of methoxy groups -OCH3 is 1. The maximum Gasteiger partial charge on any atom is 0.343 e. The number of para-hydroxylation sites is 1. The fourth-order valence-electron chi connectivity index (χ4n) is 3.40. The number of rotatable bonds is 2. The van der Waals surface area contributed by atoms with Crippen molar-refractivity contribution in [3.8, 4) is 23.3 Å². The van der Waals surface area contributed by atoms with E-state index in [0.29, 0.717) is 16.5 Å². The van der Waals surface area contributed by atoms with Gasteiger partial charge < -0.3 is 19.0 Å². The van der Waals surface area contributed by atoms with E-state index in [1.807, 2.05) is 6.07 Å². The molecule has 1 aliphatic rings. The van der Waals surface area contributed by atoms with E-state index in [1.165, 1.54) is 13.2 Å². The molecule has 134 valence electrons. The SMILES string of the molecule is COc1ccc(C2c3c(c4ccccc4oc3=O)OC(=N)C2C#N)cc1O. The lowest BCUT2D eigenvalue weighted by Gasteiger charge is -2.29. The number of hydrogen-bond acceptors (Lipinski definition) is 7. The van der Waals surface area contributed by atoms with Gasteiger partial charge in [-0.15, -0.1) is 0 Å². The third kappa shape index (κ3) is 2.50. The van der Waals surface area contributed by atoms with Gasteiger partial charge >= 0.3 is 5.63 Å². The number of aromatic hydroxyl groups is 1. The summed E-state index contributed by atoms with van der Waals surface area (Å²) in [6.07, 6.45) is 0. The Kier molecular flexibility index (Phi) is 3.81. The Labute approximate surface area is 153 Å². The van der Waals surface area contributed by atoms with Crippen molar-refractivity contribution >= 4 is 16.9 Å². The highest BCUT2D eigenvalue weighted by molar-refractivity contribution is 5.93. The fraction of sp³-hybridized carbons (Fsp3) is 0.150. The lowest BCUT2D eigenvalue weighted by molar-refractivity contribution is 0.372. The molecular weight excluding hydrogens is 348 g/mol. The first-order chi connectivity index (χ1) is 13.0. The van der Waals surface area contributed by atoms with Crippen LogP contribution < -0.4 is 15.1 Å². The highest BCUT2D eigenvalue weighted by atomic mass is 16.5. The average Bonchev–Trinajstić information content (AvgIpc) is 2.67. The third-order valence-corrected chi connectivity index (χ3v) is 4.64. The number of hydrogen-bond donors (Lipinski definition) is 2. The molecule has 0 amide bonds. The molecule has 0 saturated carbocycles. The normalized spacial score (nSPS) is 18.4. The van der Waals surface area contributed by atoms with Gasteiger partial charge in [-0.05, 0) is 29.8 Å². The summed E-state index contributed by atoms with van der Waals surface area (Å²) in [6.45, 7) is 0. The van der Waals surface area contributed by atoms with Crippen molar-refractivity contribution in [2.45, 2.75) is 5.92 Å². The van der Waals surface area contributed by atoms with Crippen molar-refractivity contribution in [1.29, 1.82) is 10.7 Å². The number of benzene rings is 2. The van der Waals surface area contributed by atoms with Crippen LogP contribution in [-0.4, -0.2) is 18.1 Å². The quantitative estimate of drug-likeness (QED) is 0.677. The second kappa shape index (κ2) is 6.18. The van der Waals surface area contributed by atoms with Crippen LogP contribution in [0.2, 0.25) is 0 Å². The van der Waals surface area contributed by atoms with Crippen molar-refractivity contribution in [3.05, 3.63) is 64.0 Å². The van der Waals surface area contributed by atoms with Gasteiger partial charge in [0.05, 0.1) is 24.1 Å². The zero-order valence-electron chi connectivity index (χ0n) is 14.2. The van der Waals surface area contributed by atoms with E-state index in [0.717, 1.165) is 0 Å². The smallest absolute Gasteiger partial charge is 0.343 e. The molecule has 7 heteroatoms. The number of phenols is 1. The van der Waals surface area contributed by atoms with Gasteiger partial charge in [0.1, 0.15) is 11.5 Å². The second-order valence-electron chi connectivity index (χ2n) is 6.11. The van der Waals surface area contributed by atoms with Crippen molar-refractivity contribution in [3.63, 3.8) is 0 Å². The largest absolute Gasteiger partial charge is 0.504 e. The molecule has 2 unspecified atom stereocenters. The number of nitrogens with one attached hydrogen (secondary N) is 1. The van der Waals surface area contributed by atoms with Crippen LogP contribution in [0.15, 0.2) is 51.7 Å². The topological polar surface area (TPSA) is 117 Å². The molecule has 7 nitrogen and oxygen atoms in total. The molecule has 3 aromatic rings. The molecule has 0 bridgehead atoms. The van der Waals surface area contributed by atoms with Crippen LogP contribution in [0, 0.1) is 22.7 Å². The Hall–Kier alpha value is -3.79. The molecule has 0 radical (unpaired) electrons. The van der Waals surface area contributed by atoms with Crippen molar-refractivity contribution in [2.75, 3.05) is 7.11 Å². The van der Waals surface area contributed by atoms with Crippen molar-refractivity contribution < 1.29 is 19.0 Å². The van der Waals surface area contributed by atoms with Crippen LogP contribution in [0.5, 0.6) is 17.2 Å². The first-order valence-corrected chi connectivity index (χ1v) is 8.13. The van der Waals surface area contributed by atoms with Crippen molar-refractivity contribution in [1.82, 2.24) is 0 Å². The predicted molar refractivity (Wildman–Crippen MR) is 96.4 cm³/mol. The average molecular weight is 362 g/mol. The highest BCUT2D eigenvalue weighted by Gasteiger charge is 2.40. The molecule has 2 heterocycles. The molecule has 0 fully saturated rings. The summed E-state index contributed by atoms with van der Waals surface area (Å²) in [6, 6.07) is 13.5. The number of nitrogens with zero attached hydrogens (tertiary/aromatic N) is 1. The van der Waals surface area contributed by atoms with E-state index >= 15 is 0 Å². The molecule has 0 aliphatic carbocycles. The van der Waals surface area contributed by atoms with E-state index < -0.39 is 17.5 Å². The minimum Gasteiger partial charge on any atom is -0.504 e. The van der Waals surface area contributed by atoms with E-state index in [9.17, 15) is 15.2 Å². The first-order valence-electron chi connectivity index (χ1n) is 8.13. The monoisotopic (exact) mass is 362 g/mol. The van der Waals surface area contributed by atoms with E-state index in [-0.39, 0.29) is 28.7 Å². The van der Waals surface area contributed by atoms with Gasteiger partial charge in [-0.25, -0.2) is 4.79 Å². The third-order valence-electron chi connectivity index (χ3n) is 4.64. The van der Waals surface area contributed by atoms with Crippen LogP contribution >= 0.6 is 0 Å². The van der Waals surface area contributed by atoms with Crippen LogP contribution in [0.4, 0.5) is 0 Å². The Morgan fingerprint density at radius 3 is 2.74 bits per heavy atom. The van der Waals surface area contributed by atoms with Crippen LogP contribution in [0.3, 0.4) is 0 Å². The Bertz CT molecular complexity index is 1180. The summed E-state index contributed by atoms with van der Waals surface area (Å²) in [5.41, 5.74) is 0.329. The van der Waals surface area contributed by atoms with Gasteiger partial charge in [-0.2, -0.15) is 5.26 Å². The minimum absolute atomic E-state index is 0.128. The summed E-state index contributed by atoms with van der Waals surface area (Å²) in [5.74, 6) is -1.77. The molecule has 1 aliphatic heterocycles. The number of nitriles is 1. The molecule has 27 heavy (non-hydrogen) atoms. The second-order valence-corrected chi connectivity index (χ2v) is 6.11. The van der Waals surface area contributed by atoms with E-state index in [2.05, 4.69) is 0 Å².